The molecule has 1 aromatic rings. The molecule has 0 heterocycles. The van der Waals surface area contributed by atoms with E-state index in [0.29, 0.717) is 12.1 Å². The van der Waals surface area contributed by atoms with Crippen LogP contribution in [0.2, 0.25) is 0 Å². The lowest BCUT2D eigenvalue weighted by atomic mass is 10.1. The number of aliphatic imine (C=N–C) groups is 1. The van der Waals surface area contributed by atoms with Crippen LogP contribution in [0.1, 0.15) is 26.3 Å². The fourth-order valence-electron chi connectivity index (χ4n) is 1.59. The number of nitro benzene ring substituents is 1. The number of halogens is 3. The number of nitrogens with zero attached hydrogens (tertiary/aromatic N) is 2. The molecular formula is C13H16F3N5O3. The smallest absolute Gasteiger partial charge is 0.369 e. The molecule has 132 valence electrons. The first-order valence-electron chi connectivity index (χ1n) is 6.58. The molecular weight excluding hydrogens is 331 g/mol. The van der Waals surface area contributed by atoms with Crippen molar-refractivity contribution < 1.29 is 22.9 Å². The Morgan fingerprint density at radius 1 is 1.29 bits per heavy atom. The number of hydrogen-bond donors (Lipinski definition) is 3. The van der Waals surface area contributed by atoms with Gasteiger partial charge >= 0.3 is 12.2 Å². The summed E-state index contributed by atoms with van der Waals surface area (Å²) >= 11 is 0. The summed E-state index contributed by atoms with van der Waals surface area (Å²) in [6.07, 6.45) is -4.73. The van der Waals surface area contributed by atoms with E-state index in [1.807, 2.05) is 0 Å². The molecule has 0 aliphatic rings. The predicted octanol–water partition coefficient (Wildman–Crippen LogP) is 2.66. The number of amides is 2. The van der Waals surface area contributed by atoms with Crippen LogP contribution in [0.5, 0.6) is 0 Å². The molecule has 1 rings (SSSR count). The van der Waals surface area contributed by atoms with Crippen molar-refractivity contribution in [2.75, 3.05) is 0 Å². The molecule has 0 aromatic heterocycles. The molecule has 4 N–H and O–H groups in total. The van der Waals surface area contributed by atoms with Gasteiger partial charge in [0, 0.05) is 11.6 Å². The number of rotatable bonds is 2. The van der Waals surface area contributed by atoms with E-state index in [1.165, 1.54) is 0 Å². The maximum absolute atomic E-state index is 12.6. The summed E-state index contributed by atoms with van der Waals surface area (Å²) in [4.78, 5) is 25.1. The van der Waals surface area contributed by atoms with E-state index in [9.17, 15) is 28.1 Å². The van der Waals surface area contributed by atoms with Crippen molar-refractivity contribution in [3.63, 3.8) is 0 Å². The van der Waals surface area contributed by atoms with Crippen molar-refractivity contribution in [2.24, 2.45) is 10.7 Å². The first-order valence-corrected chi connectivity index (χ1v) is 6.58. The number of nitro groups is 1. The second kappa shape index (κ2) is 6.72. The van der Waals surface area contributed by atoms with Crippen LogP contribution in [0.25, 0.3) is 0 Å². The number of hydrogen-bond acceptors (Lipinski definition) is 4. The number of carbonyl (C=O) groups excluding carboxylic acids is 1. The molecule has 0 aliphatic carbocycles. The van der Waals surface area contributed by atoms with Crippen molar-refractivity contribution in [3.05, 3.63) is 33.9 Å². The van der Waals surface area contributed by atoms with Crippen LogP contribution in [0.15, 0.2) is 23.2 Å². The van der Waals surface area contributed by atoms with Crippen molar-refractivity contribution in [2.45, 2.75) is 32.5 Å². The van der Waals surface area contributed by atoms with E-state index in [2.05, 4.69) is 15.6 Å². The lowest BCUT2D eigenvalue weighted by Crippen LogP contribution is -2.50. The molecule has 0 atom stereocenters. The molecule has 0 unspecified atom stereocenters. The number of urea groups is 1. The first kappa shape index (κ1) is 19.2. The van der Waals surface area contributed by atoms with E-state index >= 15 is 0 Å². The minimum atomic E-state index is -4.73. The SMILES string of the molecule is CC(C)(C)NC(=O)NC(N)=Nc1ccc(C(F)(F)F)cc1[N+](=O)[O-]. The molecule has 0 spiro atoms. The van der Waals surface area contributed by atoms with Crippen molar-refractivity contribution in [1.82, 2.24) is 10.6 Å². The van der Waals surface area contributed by atoms with E-state index in [4.69, 9.17) is 5.73 Å². The Balaban J connectivity index is 3.09. The normalized spacial score (nSPS) is 12.7. The molecule has 0 aliphatic heterocycles. The van der Waals surface area contributed by atoms with Gasteiger partial charge in [0.1, 0.15) is 5.69 Å². The van der Waals surface area contributed by atoms with Gasteiger partial charge in [-0.05, 0) is 32.9 Å². The molecule has 0 fully saturated rings. The quantitative estimate of drug-likeness (QED) is 0.329. The summed E-state index contributed by atoms with van der Waals surface area (Å²) in [5, 5.41) is 15.6. The molecule has 1 aromatic carbocycles. The molecule has 0 saturated heterocycles. The van der Waals surface area contributed by atoms with E-state index in [-0.39, 0.29) is 0 Å². The zero-order chi connectivity index (χ0) is 18.7. The topological polar surface area (TPSA) is 123 Å². The average molecular weight is 347 g/mol. The molecule has 0 radical (unpaired) electrons. The Kier molecular flexibility index (Phi) is 5.38. The van der Waals surface area contributed by atoms with Gasteiger partial charge in [-0.2, -0.15) is 13.2 Å². The van der Waals surface area contributed by atoms with Crippen molar-refractivity contribution in [1.29, 1.82) is 0 Å². The van der Waals surface area contributed by atoms with Crippen LogP contribution in [0.4, 0.5) is 29.3 Å². The number of nitrogens with two attached hydrogens (primary N) is 1. The summed E-state index contributed by atoms with van der Waals surface area (Å²) < 4.78 is 37.8. The van der Waals surface area contributed by atoms with Gasteiger partial charge in [0.05, 0.1) is 10.5 Å². The third-order valence-electron chi connectivity index (χ3n) is 2.47. The summed E-state index contributed by atoms with van der Waals surface area (Å²) in [6.45, 7) is 5.13. The van der Waals surface area contributed by atoms with E-state index < -0.39 is 45.6 Å². The Hall–Kier alpha value is -2.85. The molecule has 8 nitrogen and oxygen atoms in total. The average Bonchev–Trinajstić information content (AvgIpc) is 2.34. The van der Waals surface area contributed by atoms with Crippen LogP contribution >= 0.6 is 0 Å². The van der Waals surface area contributed by atoms with Crippen LogP contribution in [0.3, 0.4) is 0 Å². The second-order valence-corrected chi connectivity index (χ2v) is 5.78. The van der Waals surface area contributed by atoms with Gasteiger partial charge in [0.2, 0.25) is 5.96 Å². The van der Waals surface area contributed by atoms with Gasteiger partial charge in [-0.15, -0.1) is 0 Å². The largest absolute Gasteiger partial charge is 0.416 e. The highest BCUT2D eigenvalue weighted by molar-refractivity contribution is 5.97. The number of benzene rings is 1. The highest BCUT2D eigenvalue weighted by Gasteiger charge is 2.33. The Morgan fingerprint density at radius 3 is 2.33 bits per heavy atom. The van der Waals surface area contributed by atoms with Crippen LogP contribution < -0.4 is 16.4 Å². The standard InChI is InChI=1S/C13H16F3N5O3/c1-12(2,3)20-11(22)19-10(17)18-8-5-4-7(13(14,15)16)6-9(8)21(23)24/h4-6H,1-3H3,(H4,17,18,19,20,22). The maximum Gasteiger partial charge on any atom is 0.416 e. The summed E-state index contributed by atoms with van der Waals surface area (Å²) in [5.41, 5.74) is 2.40. The number of nitrogens with one attached hydrogen (secondary N) is 2. The zero-order valence-corrected chi connectivity index (χ0v) is 13.1. The van der Waals surface area contributed by atoms with Crippen molar-refractivity contribution in [3.8, 4) is 0 Å². The van der Waals surface area contributed by atoms with Gasteiger partial charge in [0.25, 0.3) is 5.69 Å². The molecule has 0 saturated carbocycles. The van der Waals surface area contributed by atoms with Gasteiger partial charge in [-0.1, -0.05) is 0 Å². The molecule has 11 heteroatoms. The second-order valence-electron chi connectivity index (χ2n) is 5.78. The first-order chi connectivity index (χ1) is 10.8. The predicted molar refractivity (Wildman–Crippen MR) is 80.8 cm³/mol. The summed E-state index contributed by atoms with van der Waals surface area (Å²) in [5.74, 6) is -0.500. The molecule has 2 amide bonds. The van der Waals surface area contributed by atoms with Gasteiger partial charge < -0.3 is 11.1 Å². The highest BCUT2D eigenvalue weighted by Crippen LogP contribution is 2.36. The fourth-order valence-corrected chi connectivity index (χ4v) is 1.59. The Morgan fingerprint density at radius 2 is 1.88 bits per heavy atom. The number of alkyl halides is 3. The fraction of sp³-hybridized carbons (Fsp3) is 0.385. The third-order valence-corrected chi connectivity index (χ3v) is 2.47. The lowest BCUT2D eigenvalue weighted by Gasteiger charge is -2.20. The van der Waals surface area contributed by atoms with E-state index in [1.54, 1.807) is 20.8 Å². The minimum Gasteiger partial charge on any atom is -0.369 e. The molecule has 0 bridgehead atoms. The highest BCUT2D eigenvalue weighted by atomic mass is 19.4. The summed E-state index contributed by atoms with van der Waals surface area (Å²) in [7, 11) is 0. The van der Waals surface area contributed by atoms with E-state index in [0.717, 1.165) is 6.07 Å². The Labute approximate surface area is 135 Å². The van der Waals surface area contributed by atoms with Crippen LogP contribution in [0, 0.1) is 10.1 Å². The number of guanidine groups is 1. The monoisotopic (exact) mass is 347 g/mol. The molecule has 24 heavy (non-hydrogen) atoms. The van der Waals surface area contributed by atoms with Crippen LogP contribution in [-0.4, -0.2) is 22.5 Å². The van der Waals surface area contributed by atoms with Crippen molar-refractivity contribution >= 4 is 23.4 Å². The van der Waals surface area contributed by atoms with Gasteiger partial charge in [-0.3, -0.25) is 15.4 Å². The zero-order valence-electron chi connectivity index (χ0n) is 13.1. The minimum absolute atomic E-state index is 0.349. The maximum atomic E-state index is 12.6. The summed E-state index contributed by atoms with van der Waals surface area (Å²) in [6, 6.07) is 1.07. The van der Waals surface area contributed by atoms with Gasteiger partial charge in [-0.25, -0.2) is 9.79 Å². The Bertz CT molecular complexity index is 680. The number of carbonyl (C=O) groups is 1. The third kappa shape index (κ3) is 5.74. The van der Waals surface area contributed by atoms with Crippen LogP contribution in [-0.2, 0) is 6.18 Å². The lowest BCUT2D eigenvalue weighted by molar-refractivity contribution is -0.384. The van der Waals surface area contributed by atoms with Gasteiger partial charge in [0.15, 0.2) is 0 Å².